The first-order valence-electron chi connectivity index (χ1n) is 3.56. The third kappa shape index (κ3) is 0.707. The van der Waals surface area contributed by atoms with Crippen LogP contribution in [0.25, 0.3) is 0 Å². The maximum atomic E-state index is 11.1. The molecule has 3 nitrogen and oxygen atoms in total. The van der Waals surface area contributed by atoms with E-state index in [0.29, 0.717) is 13.0 Å². The van der Waals surface area contributed by atoms with Crippen molar-refractivity contribution in [1.82, 2.24) is 0 Å². The van der Waals surface area contributed by atoms with Crippen molar-refractivity contribution >= 4 is 5.78 Å². The lowest BCUT2D eigenvalue weighted by atomic mass is 10.1. The molecule has 0 aromatic carbocycles. The van der Waals surface area contributed by atoms with Gasteiger partial charge in [0.05, 0.1) is 12.7 Å². The van der Waals surface area contributed by atoms with Gasteiger partial charge in [-0.1, -0.05) is 0 Å². The fraction of sp³-hybridized carbons (Fsp3) is 0.857. The number of fused-ring (bicyclic) bond motifs is 2. The summed E-state index contributed by atoms with van der Waals surface area (Å²) >= 11 is 0. The van der Waals surface area contributed by atoms with Crippen LogP contribution < -0.4 is 0 Å². The van der Waals surface area contributed by atoms with Gasteiger partial charge in [0.1, 0.15) is 0 Å². The lowest BCUT2D eigenvalue weighted by Gasteiger charge is -2.27. The first-order valence-corrected chi connectivity index (χ1v) is 3.56. The Morgan fingerprint density at radius 3 is 3.10 bits per heavy atom. The minimum atomic E-state index is -0.886. The van der Waals surface area contributed by atoms with Gasteiger partial charge in [0.2, 0.25) is 5.79 Å². The molecule has 0 aromatic heterocycles. The van der Waals surface area contributed by atoms with Gasteiger partial charge in [0.15, 0.2) is 5.78 Å². The molecule has 2 heterocycles. The van der Waals surface area contributed by atoms with Crippen LogP contribution in [0.1, 0.15) is 19.8 Å². The summed E-state index contributed by atoms with van der Waals surface area (Å²) in [6.45, 7) is 2.36. The van der Waals surface area contributed by atoms with Crippen LogP contribution in [0.15, 0.2) is 0 Å². The van der Waals surface area contributed by atoms with Crippen LogP contribution in [0.5, 0.6) is 0 Å². The van der Waals surface area contributed by atoms with Crippen molar-refractivity contribution in [3.8, 4) is 0 Å². The van der Waals surface area contributed by atoms with Gasteiger partial charge in [-0.3, -0.25) is 4.79 Å². The molecule has 2 aliphatic rings. The van der Waals surface area contributed by atoms with Crippen LogP contribution in [-0.4, -0.2) is 24.3 Å². The highest BCUT2D eigenvalue weighted by atomic mass is 16.7. The van der Waals surface area contributed by atoms with Crippen molar-refractivity contribution in [1.29, 1.82) is 0 Å². The molecule has 2 bridgehead atoms. The molecule has 0 amide bonds. The van der Waals surface area contributed by atoms with E-state index in [1.807, 2.05) is 0 Å². The van der Waals surface area contributed by atoms with Crippen molar-refractivity contribution in [2.75, 3.05) is 6.61 Å². The fourth-order valence-electron chi connectivity index (χ4n) is 1.48. The number of ether oxygens (including phenoxy) is 2. The predicted molar refractivity (Wildman–Crippen MR) is 33.5 cm³/mol. The molecule has 3 heteroatoms. The predicted octanol–water partition coefficient (Wildman–Crippen LogP) is 0.481. The van der Waals surface area contributed by atoms with Crippen molar-refractivity contribution in [2.24, 2.45) is 0 Å². The standard InChI is InChI=1S/C7H10O3/c1-7-6(8)4-5(10-7)2-3-9-7/h5H,2-4H2,1H3/t5-,7-/m0/s1. The maximum Gasteiger partial charge on any atom is 0.226 e. The number of carbonyl (C=O) groups is 1. The molecule has 2 fully saturated rings. The van der Waals surface area contributed by atoms with Crippen molar-refractivity contribution in [3.05, 3.63) is 0 Å². The average molecular weight is 142 g/mol. The van der Waals surface area contributed by atoms with Gasteiger partial charge in [0.25, 0.3) is 0 Å². The zero-order valence-electron chi connectivity index (χ0n) is 5.92. The first-order chi connectivity index (χ1) is 4.71. The Morgan fingerprint density at radius 1 is 1.70 bits per heavy atom. The Kier molecular flexibility index (Phi) is 1.13. The third-order valence-electron chi connectivity index (χ3n) is 2.13. The Hall–Kier alpha value is -0.410. The van der Waals surface area contributed by atoms with Crippen molar-refractivity contribution in [2.45, 2.75) is 31.7 Å². The van der Waals surface area contributed by atoms with E-state index in [1.54, 1.807) is 6.92 Å². The number of hydrogen-bond donors (Lipinski definition) is 0. The molecule has 10 heavy (non-hydrogen) atoms. The molecule has 2 atom stereocenters. The molecule has 0 N–H and O–H groups in total. The third-order valence-corrected chi connectivity index (χ3v) is 2.13. The summed E-state index contributed by atoms with van der Waals surface area (Å²) in [7, 11) is 0. The van der Waals surface area contributed by atoms with E-state index >= 15 is 0 Å². The van der Waals surface area contributed by atoms with E-state index in [4.69, 9.17) is 9.47 Å². The second-order valence-corrected chi connectivity index (χ2v) is 2.95. The van der Waals surface area contributed by atoms with Gasteiger partial charge in [-0.15, -0.1) is 0 Å². The van der Waals surface area contributed by atoms with E-state index in [-0.39, 0.29) is 11.9 Å². The largest absolute Gasteiger partial charge is 0.344 e. The van der Waals surface area contributed by atoms with Gasteiger partial charge in [-0.2, -0.15) is 0 Å². The highest BCUT2D eigenvalue weighted by molar-refractivity contribution is 5.87. The van der Waals surface area contributed by atoms with E-state index < -0.39 is 5.79 Å². The van der Waals surface area contributed by atoms with Crippen LogP contribution in [0, 0.1) is 0 Å². The number of ketones is 1. The zero-order chi connectivity index (χ0) is 7.19. The summed E-state index contributed by atoms with van der Waals surface area (Å²) in [6.07, 6.45) is 1.53. The molecule has 2 rings (SSSR count). The van der Waals surface area contributed by atoms with E-state index in [0.717, 1.165) is 6.42 Å². The van der Waals surface area contributed by atoms with Crippen LogP contribution in [-0.2, 0) is 14.3 Å². The number of hydrogen-bond acceptors (Lipinski definition) is 3. The minimum Gasteiger partial charge on any atom is -0.344 e. The summed E-state index contributed by atoms with van der Waals surface area (Å²) in [4.78, 5) is 11.1. The van der Waals surface area contributed by atoms with Crippen molar-refractivity contribution < 1.29 is 14.3 Å². The minimum absolute atomic E-state index is 0.0926. The Bertz CT molecular complexity index is 178. The Morgan fingerprint density at radius 2 is 2.50 bits per heavy atom. The highest BCUT2D eigenvalue weighted by Gasteiger charge is 2.48. The number of rotatable bonds is 0. The van der Waals surface area contributed by atoms with Crippen LogP contribution in [0.3, 0.4) is 0 Å². The second kappa shape index (κ2) is 1.80. The first kappa shape index (κ1) is 6.31. The topological polar surface area (TPSA) is 35.5 Å². The average Bonchev–Trinajstić information content (AvgIpc) is 2.04. The van der Waals surface area contributed by atoms with Gasteiger partial charge in [-0.25, -0.2) is 0 Å². The summed E-state index contributed by atoms with van der Waals surface area (Å²) < 4.78 is 10.5. The Balaban J connectivity index is 2.26. The normalized spacial score (nSPS) is 46.1. The number of carbonyl (C=O) groups excluding carboxylic acids is 1. The molecule has 0 radical (unpaired) electrons. The van der Waals surface area contributed by atoms with Crippen LogP contribution in [0.4, 0.5) is 0 Å². The van der Waals surface area contributed by atoms with Gasteiger partial charge in [0, 0.05) is 6.42 Å². The SMILES string of the molecule is C[C@@]12OCC[C@@H](CC1=O)O2. The molecule has 0 aromatic rings. The van der Waals surface area contributed by atoms with E-state index in [1.165, 1.54) is 0 Å². The number of Topliss-reactive ketones (excluding diaryl/α,β-unsaturated/α-hetero) is 1. The molecular weight excluding hydrogens is 132 g/mol. The molecule has 0 unspecified atom stereocenters. The quantitative estimate of drug-likeness (QED) is 0.493. The second-order valence-electron chi connectivity index (χ2n) is 2.95. The molecular formula is C7H10O3. The lowest BCUT2D eigenvalue weighted by molar-refractivity contribution is -0.239. The van der Waals surface area contributed by atoms with Crippen molar-refractivity contribution in [3.63, 3.8) is 0 Å². The van der Waals surface area contributed by atoms with Crippen LogP contribution in [0.2, 0.25) is 0 Å². The molecule has 56 valence electrons. The summed E-state index contributed by atoms with van der Waals surface area (Å²) in [5, 5.41) is 0. The molecule has 0 saturated carbocycles. The maximum absolute atomic E-state index is 11.1. The van der Waals surface area contributed by atoms with Gasteiger partial charge in [-0.05, 0) is 13.3 Å². The van der Waals surface area contributed by atoms with Gasteiger partial charge < -0.3 is 9.47 Å². The summed E-state index contributed by atoms with van der Waals surface area (Å²) in [5.74, 6) is -0.793. The van der Waals surface area contributed by atoms with Crippen LogP contribution >= 0.6 is 0 Å². The summed E-state index contributed by atoms with van der Waals surface area (Å²) in [5.41, 5.74) is 0. The monoisotopic (exact) mass is 142 g/mol. The smallest absolute Gasteiger partial charge is 0.226 e. The zero-order valence-corrected chi connectivity index (χ0v) is 5.92. The molecule has 2 aliphatic heterocycles. The molecule has 2 saturated heterocycles. The molecule has 0 spiro atoms. The van der Waals surface area contributed by atoms with Gasteiger partial charge >= 0.3 is 0 Å². The molecule has 0 aliphatic carbocycles. The van der Waals surface area contributed by atoms with E-state index in [2.05, 4.69) is 0 Å². The van der Waals surface area contributed by atoms with E-state index in [9.17, 15) is 4.79 Å². The fourth-order valence-corrected chi connectivity index (χ4v) is 1.48. The summed E-state index contributed by atoms with van der Waals surface area (Å²) in [6, 6.07) is 0. The highest BCUT2D eigenvalue weighted by Crippen LogP contribution is 2.33. The lowest BCUT2D eigenvalue weighted by Crippen LogP contribution is -2.39. The Labute approximate surface area is 59.3 Å².